The van der Waals surface area contributed by atoms with Crippen LogP contribution in [0, 0.1) is 5.41 Å². The number of hydrogen-bond acceptors (Lipinski definition) is 3. The highest BCUT2D eigenvalue weighted by Crippen LogP contribution is 2.43. The molecule has 3 heteroatoms. The third-order valence-corrected chi connectivity index (χ3v) is 4.74. The van der Waals surface area contributed by atoms with E-state index >= 15 is 0 Å². The van der Waals surface area contributed by atoms with E-state index in [1.54, 1.807) is 23.5 Å². The van der Waals surface area contributed by atoms with Gasteiger partial charge in [-0.1, -0.05) is 34.6 Å². The Morgan fingerprint density at radius 2 is 1.37 bits per heavy atom. The lowest BCUT2D eigenvalue weighted by Crippen LogP contribution is -2.24. The van der Waals surface area contributed by atoms with Crippen LogP contribution < -0.4 is 0 Å². The van der Waals surface area contributed by atoms with Crippen LogP contribution in [0.1, 0.15) is 46.6 Å². The highest BCUT2D eigenvalue weighted by Gasteiger charge is 2.28. The second kappa shape index (κ2) is 6.01. The van der Waals surface area contributed by atoms with Gasteiger partial charge >= 0.3 is 0 Å². The summed E-state index contributed by atoms with van der Waals surface area (Å²) in [6.07, 6.45) is 5.14. The first-order valence-corrected chi connectivity index (χ1v) is 9.01. The maximum atomic E-state index is 10.2. The minimum absolute atomic E-state index is 0.112. The van der Waals surface area contributed by atoms with E-state index in [0.29, 0.717) is 11.2 Å². The van der Waals surface area contributed by atoms with Gasteiger partial charge in [-0.3, -0.25) is 0 Å². The molecule has 0 amide bonds. The molecule has 1 nitrogen and oxygen atoms in total. The third kappa shape index (κ3) is 4.35. The van der Waals surface area contributed by atoms with Gasteiger partial charge in [-0.15, -0.1) is 23.5 Å². The van der Waals surface area contributed by atoms with E-state index in [4.69, 9.17) is 0 Å². The van der Waals surface area contributed by atoms with E-state index in [2.05, 4.69) is 46.8 Å². The van der Waals surface area contributed by atoms with Crippen molar-refractivity contribution in [2.75, 3.05) is 12.5 Å². The van der Waals surface area contributed by atoms with Crippen LogP contribution in [-0.2, 0) is 5.41 Å². The van der Waals surface area contributed by atoms with E-state index in [-0.39, 0.29) is 5.41 Å². The van der Waals surface area contributed by atoms with Crippen LogP contribution >= 0.6 is 23.5 Å². The number of phenolic OH excluding ortho intramolecular Hbond substituents is 1. The van der Waals surface area contributed by atoms with Crippen LogP contribution in [0.5, 0.6) is 5.75 Å². The monoisotopic (exact) mass is 298 g/mol. The SMILES string of the molecule is CSc1cc(C(C)(C)CC(C)(C)C)cc(SC)c1O. The summed E-state index contributed by atoms with van der Waals surface area (Å²) in [5.74, 6) is 0.426. The van der Waals surface area contributed by atoms with Gasteiger partial charge in [0.2, 0.25) is 0 Å². The Bertz CT molecular complexity index is 420. The van der Waals surface area contributed by atoms with E-state index < -0.39 is 0 Å². The second-order valence-corrected chi connectivity index (χ2v) is 8.55. The number of hydrogen-bond donors (Lipinski definition) is 1. The molecule has 1 rings (SSSR count). The van der Waals surface area contributed by atoms with E-state index in [0.717, 1.165) is 16.2 Å². The number of aromatic hydroxyl groups is 1. The molecule has 0 spiro atoms. The number of rotatable bonds is 4. The zero-order chi connectivity index (χ0) is 14.8. The lowest BCUT2D eigenvalue weighted by Gasteiger charge is -2.33. The first kappa shape index (κ1) is 16.8. The van der Waals surface area contributed by atoms with Crippen molar-refractivity contribution in [3.05, 3.63) is 17.7 Å². The Labute approximate surface area is 126 Å². The summed E-state index contributed by atoms with van der Waals surface area (Å²) < 4.78 is 0. The maximum absolute atomic E-state index is 10.2. The highest BCUT2D eigenvalue weighted by molar-refractivity contribution is 7.99. The molecule has 0 atom stereocenters. The Kier molecular flexibility index (Phi) is 5.30. The number of thioether (sulfide) groups is 2. The minimum atomic E-state index is 0.112. The summed E-state index contributed by atoms with van der Waals surface area (Å²) >= 11 is 3.22. The lowest BCUT2D eigenvalue weighted by atomic mass is 9.72. The lowest BCUT2D eigenvalue weighted by molar-refractivity contribution is 0.283. The average molecular weight is 299 g/mol. The van der Waals surface area contributed by atoms with Crippen molar-refractivity contribution in [1.29, 1.82) is 0 Å². The fourth-order valence-corrected chi connectivity index (χ4v) is 3.87. The van der Waals surface area contributed by atoms with Crippen molar-refractivity contribution < 1.29 is 5.11 Å². The predicted octanol–water partition coefficient (Wildman–Crippen LogP) is 5.55. The van der Waals surface area contributed by atoms with E-state index in [9.17, 15) is 5.11 Å². The summed E-state index contributed by atoms with van der Waals surface area (Å²) in [6.45, 7) is 11.4. The molecule has 1 aromatic rings. The minimum Gasteiger partial charge on any atom is -0.506 e. The van der Waals surface area contributed by atoms with Crippen LogP contribution in [-0.4, -0.2) is 17.6 Å². The van der Waals surface area contributed by atoms with Crippen molar-refractivity contribution >= 4 is 23.5 Å². The Balaban J connectivity index is 3.26. The van der Waals surface area contributed by atoms with Gasteiger partial charge in [0, 0.05) is 0 Å². The molecule has 0 saturated heterocycles. The summed E-state index contributed by atoms with van der Waals surface area (Å²) in [4.78, 5) is 1.95. The molecule has 108 valence electrons. The zero-order valence-corrected chi connectivity index (χ0v) is 14.8. The molecular formula is C16H26OS2. The standard InChI is InChI=1S/C16H26OS2/c1-15(2,3)10-16(4,5)11-8-12(18-6)14(17)13(9-11)19-7/h8-9,17H,10H2,1-7H3. The molecule has 0 aromatic heterocycles. The third-order valence-electron chi connectivity index (χ3n) is 3.23. The summed E-state index contributed by atoms with van der Waals surface area (Å²) in [7, 11) is 0. The van der Waals surface area contributed by atoms with E-state index in [1.807, 2.05) is 12.5 Å². The van der Waals surface area contributed by atoms with E-state index in [1.165, 1.54) is 5.56 Å². The molecule has 0 unspecified atom stereocenters. The molecule has 0 aliphatic heterocycles. The Hall–Kier alpha value is -0.280. The topological polar surface area (TPSA) is 20.2 Å². The van der Waals surface area contributed by atoms with Crippen molar-refractivity contribution in [2.45, 2.75) is 56.2 Å². The molecule has 1 N–H and O–H groups in total. The largest absolute Gasteiger partial charge is 0.506 e. The van der Waals surface area contributed by atoms with Crippen molar-refractivity contribution in [1.82, 2.24) is 0 Å². The maximum Gasteiger partial charge on any atom is 0.142 e. The fourth-order valence-electron chi connectivity index (χ4n) is 2.71. The van der Waals surface area contributed by atoms with Gasteiger partial charge in [0.05, 0.1) is 9.79 Å². The summed E-state index contributed by atoms with van der Waals surface area (Å²) in [5.41, 5.74) is 1.72. The van der Waals surface area contributed by atoms with Gasteiger partial charge in [-0.05, 0) is 47.5 Å². The highest BCUT2D eigenvalue weighted by atomic mass is 32.2. The Morgan fingerprint density at radius 3 is 1.68 bits per heavy atom. The molecule has 0 radical (unpaired) electrons. The van der Waals surface area contributed by atoms with Crippen molar-refractivity contribution in [2.24, 2.45) is 5.41 Å². The molecule has 0 fully saturated rings. The quantitative estimate of drug-likeness (QED) is 0.736. The molecule has 0 aliphatic carbocycles. The summed E-state index contributed by atoms with van der Waals surface area (Å²) in [6, 6.07) is 4.29. The molecule has 0 heterocycles. The zero-order valence-electron chi connectivity index (χ0n) is 13.1. The average Bonchev–Trinajstić information content (AvgIpc) is 2.25. The van der Waals surface area contributed by atoms with Gasteiger partial charge in [0.25, 0.3) is 0 Å². The molecule has 0 aliphatic rings. The first-order chi connectivity index (χ1) is 8.60. The van der Waals surface area contributed by atoms with Crippen LogP contribution in [0.3, 0.4) is 0 Å². The van der Waals surface area contributed by atoms with Gasteiger partial charge in [0.1, 0.15) is 5.75 Å². The summed E-state index contributed by atoms with van der Waals surface area (Å²) in [5, 5.41) is 10.2. The van der Waals surface area contributed by atoms with Crippen LogP contribution in [0.15, 0.2) is 21.9 Å². The number of phenols is 1. The van der Waals surface area contributed by atoms with Crippen LogP contribution in [0.4, 0.5) is 0 Å². The van der Waals surface area contributed by atoms with Crippen molar-refractivity contribution in [3.63, 3.8) is 0 Å². The Morgan fingerprint density at radius 1 is 0.947 bits per heavy atom. The molecule has 1 aromatic carbocycles. The predicted molar refractivity (Wildman–Crippen MR) is 88.8 cm³/mol. The van der Waals surface area contributed by atoms with Crippen LogP contribution in [0.25, 0.3) is 0 Å². The fraction of sp³-hybridized carbons (Fsp3) is 0.625. The second-order valence-electron chi connectivity index (χ2n) is 6.85. The first-order valence-electron chi connectivity index (χ1n) is 6.56. The molecular weight excluding hydrogens is 272 g/mol. The normalized spacial score (nSPS) is 12.8. The van der Waals surface area contributed by atoms with Gasteiger partial charge in [-0.25, -0.2) is 0 Å². The molecule has 0 saturated carbocycles. The molecule has 0 bridgehead atoms. The van der Waals surface area contributed by atoms with Gasteiger partial charge < -0.3 is 5.11 Å². The van der Waals surface area contributed by atoms with Crippen LogP contribution in [0.2, 0.25) is 0 Å². The van der Waals surface area contributed by atoms with Gasteiger partial charge in [-0.2, -0.15) is 0 Å². The van der Waals surface area contributed by atoms with Gasteiger partial charge in [0.15, 0.2) is 0 Å². The smallest absolute Gasteiger partial charge is 0.142 e. The molecule has 19 heavy (non-hydrogen) atoms. The number of benzene rings is 1. The van der Waals surface area contributed by atoms with Crippen molar-refractivity contribution in [3.8, 4) is 5.75 Å².